The van der Waals surface area contributed by atoms with Crippen molar-refractivity contribution < 1.29 is 18.9 Å². The summed E-state index contributed by atoms with van der Waals surface area (Å²) in [5.41, 5.74) is 0. The van der Waals surface area contributed by atoms with Crippen LogP contribution >= 0.6 is 22.7 Å². The molecule has 0 radical (unpaired) electrons. The molecule has 0 aliphatic heterocycles. The van der Waals surface area contributed by atoms with Crippen molar-refractivity contribution >= 4 is 106 Å². The molecular weight excluding hydrogens is 921 g/mol. The lowest BCUT2D eigenvalue weighted by Crippen LogP contribution is -2.14. The molecule has 4 nitrogen and oxygen atoms in total. The molecule has 0 N–H and O–H groups in total. The van der Waals surface area contributed by atoms with Gasteiger partial charge in [-0.15, -0.1) is 22.7 Å². The summed E-state index contributed by atoms with van der Waals surface area (Å²) < 4.78 is 33.4. The lowest BCUT2D eigenvalue weighted by Gasteiger charge is -2.22. The molecular formula is C66H82O4S2. The lowest BCUT2D eigenvalue weighted by molar-refractivity contribution is 0.199. The Balaban J connectivity index is 1.33. The van der Waals surface area contributed by atoms with Crippen LogP contribution in [0.25, 0.3) is 83.4 Å². The number of ether oxygens (including phenoxy) is 4. The van der Waals surface area contributed by atoms with Crippen LogP contribution in [0.1, 0.15) is 158 Å². The van der Waals surface area contributed by atoms with E-state index in [-0.39, 0.29) is 0 Å². The van der Waals surface area contributed by atoms with Crippen molar-refractivity contribution in [3.63, 3.8) is 0 Å². The van der Waals surface area contributed by atoms with E-state index < -0.39 is 0 Å². The van der Waals surface area contributed by atoms with E-state index in [4.69, 9.17) is 18.9 Å². The second-order valence-electron chi connectivity index (χ2n) is 21.1. The van der Waals surface area contributed by atoms with Crippen molar-refractivity contribution in [3.05, 3.63) is 84.9 Å². The summed E-state index contributed by atoms with van der Waals surface area (Å²) in [6, 6.07) is 32.5. The van der Waals surface area contributed by atoms with Crippen LogP contribution in [-0.4, -0.2) is 26.4 Å². The maximum atomic E-state index is 7.05. The summed E-state index contributed by atoms with van der Waals surface area (Å²) in [5, 5.41) is 15.2. The summed E-state index contributed by atoms with van der Waals surface area (Å²) in [6.07, 6.45) is 18.8. The fraction of sp³-hybridized carbons (Fsp3) is 0.485. The van der Waals surface area contributed by atoms with Crippen molar-refractivity contribution in [3.8, 4) is 23.0 Å². The van der Waals surface area contributed by atoms with Crippen molar-refractivity contribution in [1.82, 2.24) is 0 Å². The van der Waals surface area contributed by atoms with Gasteiger partial charge in [0.05, 0.1) is 26.4 Å². The Labute approximate surface area is 438 Å². The van der Waals surface area contributed by atoms with Gasteiger partial charge in [0.25, 0.3) is 0 Å². The Morgan fingerprint density at radius 2 is 0.625 bits per heavy atom. The van der Waals surface area contributed by atoms with Crippen LogP contribution in [0.4, 0.5) is 0 Å². The van der Waals surface area contributed by atoms with E-state index in [0.717, 1.165) is 48.7 Å². The Bertz CT molecular complexity index is 3040. The Hall–Kier alpha value is -4.78. The molecule has 2 aromatic heterocycles. The molecule has 0 aliphatic rings. The summed E-state index contributed by atoms with van der Waals surface area (Å²) >= 11 is 3.85. The molecule has 4 atom stereocenters. The second-order valence-corrected chi connectivity index (χ2v) is 23.3. The van der Waals surface area contributed by atoms with E-state index in [1.165, 1.54) is 160 Å². The Morgan fingerprint density at radius 1 is 0.333 bits per heavy atom. The Morgan fingerprint density at radius 3 is 0.944 bits per heavy atom. The van der Waals surface area contributed by atoms with Crippen LogP contribution in [0, 0.1) is 23.7 Å². The monoisotopic (exact) mass is 1000 g/mol. The summed E-state index contributed by atoms with van der Waals surface area (Å²) in [7, 11) is 0. The van der Waals surface area contributed by atoms with Gasteiger partial charge in [0, 0.05) is 51.1 Å². The molecule has 7 aromatic carbocycles. The highest BCUT2D eigenvalue weighted by Crippen LogP contribution is 2.52. The maximum Gasteiger partial charge on any atom is 0.161 e. The zero-order valence-corrected chi connectivity index (χ0v) is 46.6. The number of hydrogen-bond acceptors (Lipinski definition) is 6. The zero-order chi connectivity index (χ0) is 50.1. The first kappa shape index (κ1) is 52.1. The molecule has 382 valence electrons. The molecule has 9 aromatic rings. The average molecular weight is 1000 g/mol. The molecule has 4 unspecified atom stereocenters. The van der Waals surface area contributed by atoms with E-state index in [1.807, 2.05) is 22.7 Å². The average Bonchev–Trinajstić information content (AvgIpc) is 4.01. The first-order chi connectivity index (χ1) is 35.4. The highest BCUT2D eigenvalue weighted by molar-refractivity contribution is 7.27. The smallest absolute Gasteiger partial charge is 0.161 e. The van der Waals surface area contributed by atoms with Crippen LogP contribution < -0.4 is 18.9 Å². The third-order valence-corrected chi connectivity index (χ3v) is 18.6. The molecule has 72 heavy (non-hydrogen) atoms. The van der Waals surface area contributed by atoms with E-state index in [1.54, 1.807) is 0 Å². The molecule has 0 bridgehead atoms. The van der Waals surface area contributed by atoms with E-state index in [0.29, 0.717) is 50.1 Å². The van der Waals surface area contributed by atoms with Gasteiger partial charge >= 0.3 is 0 Å². The number of benzene rings is 7. The van der Waals surface area contributed by atoms with Crippen molar-refractivity contribution in [1.29, 1.82) is 0 Å². The van der Waals surface area contributed by atoms with Crippen molar-refractivity contribution in [2.24, 2.45) is 23.7 Å². The van der Waals surface area contributed by atoms with E-state index in [2.05, 4.69) is 140 Å². The SMILES string of the molecule is CCCCC(CC)COc1cc2c3cc4c5cc(OCC(CC)CCCC)c(OCC(CC)CCCC)cc5c5c6ccccc6sc5c4cc3c3sc4ccccc4c3c2cc1OCC(CC)CCCC. The molecule has 0 aliphatic carbocycles. The van der Waals surface area contributed by atoms with Crippen LogP contribution in [0.2, 0.25) is 0 Å². The standard InChI is InChI=1S/C66H82O4S2/c1-9-17-25-43(13-5)39-67-57-35-51-49-33-50-52-36-58(68-40-44(14-6)26-18-10-2)60(70-42-46(16-8)28-20-12-4)38-54(52)64-48-30-22-24-32-62(48)72-66(64)56(50)34-55(49)65-63(47-29-21-23-31-61(47)71-65)53(51)37-59(57)69-41-45(15-7)27-19-11-3/h21-24,29-38,43-46H,9-20,25-28,39-42H2,1-8H3. The number of unbranched alkanes of at least 4 members (excludes halogenated alkanes) is 4. The molecule has 9 rings (SSSR count). The van der Waals surface area contributed by atoms with Gasteiger partial charge in [0.15, 0.2) is 23.0 Å². The second kappa shape index (κ2) is 24.5. The zero-order valence-electron chi connectivity index (χ0n) is 45.0. The summed E-state index contributed by atoms with van der Waals surface area (Å²) in [4.78, 5) is 0. The lowest BCUT2D eigenvalue weighted by atomic mass is 9.91. The molecule has 2 heterocycles. The minimum atomic E-state index is 0.495. The van der Waals surface area contributed by atoms with Crippen molar-refractivity contribution in [2.45, 2.75) is 158 Å². The molecule has 0 amide bonds. The first-order valence-corrected chi connectivity index (χ1v) is 30.1. The first-order valence-electron chi connectivity index (χ1n) is 28.5. The van der Waals surface area contributed by atoms with Gasteiger partial charge in [-0.25, -0.2) is 0 Å². The molecule has 0 fully saturated rings. The molecule has 6 heteroatoms. The molecule has 0 saturated heterocycles. The normalized spacial score (nSPS) is 13.9. The number of fused-ring (bicyclic) bond motifs is 16. The van der Waals surface area contributed by atoms with Gasteiger partial charge in [-0.05, 0) is 130 Å². The Kier molecular flexibility index (Phi) is 17.7. The fourth-order valence-electron chi connectivity index (χ4n) is 11.3. The number of rotatable bonds is 28. The molecule has 0 spiro atoms. The summed E-state index contributed by atoms with van der Waals surface area (Å²) in [6.45, 7) is 21.2. The van der Waals surface area contributed by atoms with E-state index >= 15 is 0 Å². The van der Waals surface area contributed by atoms with Crippen LogP contribution in [0.5, 0.6) is 23.0 Å². The van der Waals surface area contributed by atoms with Crippen LogP contribution in [0.15, 0.2) is 84.9 Å². The summed E-state index contributed by atoms with van der Waals surface area (Å²) in [5.74, 6) is 5.47. The van der Waals surface area contributed by atoms with Gasteiger partial charge < -0.3 is 18.9 Å². The van der Waals surface area contributed by atoms with Gasteiger partial charge in [-0.3, -0.25) is 0 Å². The van der Waals surface area contributed by atoms with Gasteiger partial charge in [0.2, 0.25) is 0 Å². The highest BCUT2D eigenvalue weighted by atomic mass is 32.1. The van der Waals surface area contributed by atoms with Gasteiger partial charge in [-0.2, -0.15) is 0 Å². The predicted molar refractivity (Wildman–Crippen MR) is 317 cm³/mol. The van der Waals surface area contributed by atoms with Gasteiger partial charge in [0.1, 0.15) is 0 Å². The number of thiophene rings is 2. The highest BCUT2D eigenvalue weighted by Gasteiger charge is 2.24. The third kappa shape index (κ3) is 10.9. The third-order valence-electron chi connectivity index (χ3n) is 16.2. The minimum Gasteiger partial charge on any atom is -0.489 e. The van der Waals surface area contributed by atoms with Crippen LogP contribution in [-0.2, 0) is 0 Å². The predicted octanol–water partition coefficient (Wildman–Crippen LogP) is 21.4. The molecule has 0 saturated carbocycles. The van der Waals surface area contributed by atoms with Gasteiger partial charge in [-0.1, -0.05) is 169 Å². The van der Waals surface area contributed by atoms with Crippen LogP contribution in [0.3, 0.4) is 0 Å². The fourth-order valence-corrected chi connectivity index (χ4v) is 13.8. The maximum absolute atomic E-state index is 7.05. The largest absolute Gasteiger partial charge is 0.489 e. The quantitative estimate of drug-likeness (QED) is 0.0362. The minimum absolute atomic E-state index is 0.495. The van der Waals surface area contributed by atoms with E-state index in [9.17, 15) is 0 Å². The topological polar surface area (TPSA) is 36.9 Å². The van der Waals surface area contributed by atoms with Crippen molar-refractivity contribution in [2.75, 3.05) is 26.4 Å². The number of hydrogen-bond donors (Lipinski definition) is 0.